The number of carbonyl (C=O) groups excluding carboxylic acids is 2. The fourth-order valence-corrected chi connectivity index (χ4v) is 3.71. The van der Waals surface area contributed by atoms with Crippen LogP contribution in [0.5, 0.6) is 23.0 Å². The first kappa shape index (κ1) is 20.7. The van der Waals surface area contributed by atoms with Gasteiger partial charge >= 0.3 is 11.9 Å². The van der Waals surface area contributed by atoms with Gasteiger partial charge in [0.25, 0.3) is 0 Å². The van der Waals surface area contributed by atoms with E-state index in [-0.39, 0.29) is 49.4 Å². The first-order valence-corrected chi connectivity index (χ1v) is 10.4. The molecule has 0 radical (unpaired) electrons. The Hall–Kier alpha value is -4.14. The molecule has 2 aliphatic heterocycles. The highest BCUT2D eigenvalue weighted by atomic mass is 16.7. The Bertz CT molecular complexity index is 1150. The molecule has 0 amide bonds. The molecule has 3 heterocycles. The van der Waals surface area contributed by atoms with Crippen LogP contribution in [0.2, 0.25) is 0 Å². The minimum Gasteiger partial charge on any atom is -0.462 e. The maximum absolute atomic E-state index is 13.0. The number of ether oxygens (including phenoxy) is 6. The van der Waals surface area contributed by atoms with Gasteiger partial charge in [0.2, 0.25) is 13.6 Å². The van der Waals surface area contributed by atoms with Crippen molar-refractivity contribution in [3.8, 4) is 45.6 Å². The molecule has 1 aromatic heterocycles. The highest BCUT2D eigenvalue weighted by molar-refractivity contribution is 6.11. The van der Waals surface area contributed by atoms with Crippen LogP contribution in [0, 0.1) is 0 Å². The molecule has 3 aromatic rings. The minimum absolute atomic E-state index is 0.0261. The second-order valence-electron chi connectivity index (χ2n) is 7.09. The van der Waals surface area contributed by atoms with Gasteiger partial charge < -0.3 is 32.8 Å². The van der Waals surface area contributed by atoms with Crippen molar-refractivity contribution in [2.24, 2.45) is 0 Å². The summed E-state index contributed by atoms with van der Waals surface area (Å²) in [4.78, 5) is 26.1. The molecule has 170 valence electrons. The van der Waals surface area contributed by atoms with E-state index in [2.05, 4.69) is 0 Å². The molecule has 0 spiro atoms. The standard InChI is InChI=1S/C24H20O9/c1-3-27-23(25)19-20(24(26)28-4-2)22(14-6-8-16-18(10-14)32-12-30-16)33-21(19)13-5-7-15-17(9-13)31-11-29-15/h5-10H,3-4,11-12H2,1-2H3. The molecule has 0 N–H and O–H groups in total. The summed E-state index contributed by atoms with van der Waals surface area (Å²) in [5.74, 6) is 1.05. The molecule has 33 heavy (non-hydrogen) atoms. The summed E-state index contributed by atoms with van der Waals surface area (Å²) in [5.41, 5.74) is 0.975. The molecule has 0 atom stereocenters. The van der Waals surface area contributed by atoms with Crippen molar-refractivity contribution in [2.45, 2.75) is 13.8 Å². The van der Waals surface area contributed by atoms with Crippen LogP contribution in [0.15, 0.2) is 40.8 Å². The number of furan rings is 1. The summed E-state index contributed by atoms with van der Waals surface area (Å²) >= 11 is 0. The van der Waals surface area contributed by atoms with E-state index >= 15 is 0 Å². The van der Waals surface area contributed by atoms with Crippen molar-refractivity contribution in [3.63, 3.8) is 0 Å². The zero-order chi connectivity index (χ0) is 22.9. The van der Waals surface area contributed by atoms with E-state index in [1.807, 2.05) is 0 Å². The van der Waals surface area contributed by atoms with Crippen molar-refractivity contribution in [2.75, 3.05) is 26.8 Å². The number of carbonyl (C=O) groups is 2. The highest BCUT2D eigenvalue weighted by Crippen LogP contribution is 2.44. The Morgan fingerprint density at radius 2 is 1.12 bits per heavy atom. The smallest absolute Gasteiger partial charge is 0.342 e. The Labute approximate surface area is 188 Å². The Balaban J connectivity index is 1.74. The van der Waals surface area contributed by atoms with Gasteiger partial charge in [-0.2, -0.15) is 0 Å². The van der Waals surface area contributed by atoms with Crippen LogP contribution in [0.3, 0.4) is 0 Å². The van der Waals surface area contributed by atoms with Gasteiger partial charge in [0.1, 0.15) is 22.6 Å². The molecule has 5 rings (SSSR count). The Kier molecular flexibility index (Phi) is 5.29. The SMILES string of the molecule is CCOC(=O)c1c(-c2ccc3c(c2)OCO3)oc(-c2ccc3c(c2)OCO3)c1C(=O)OCC. The molecule has 0 bridgehead atoms. The molecule has 2 aliphatic rings. The van der Waals surface area contributed by atoms with Gasteiger partial charge in [-0.3, -0.25) is 0 Å². The van der Waals surface area contributed by atoms with Crippen molar-refractivity contribution >= 4 is 11.9 Å². The fourth-order valence-electron chi connectivity index (χ4n) is 3.71. The molecule has 9 heteroatoms. The average Bonchev–Trinajstić information content (AvgIpc) is 3.55. The zero-order valence-corrected chi connectivity index (χ0v) is 18.0. The van der Waals surface area contributed by atoms with E-state index in [4.69, 9.17) is 32.8 Å². The van der Waals surface area contributed by atoms with E-state index in [9.17, 15) is 9.59 Å². The summed E-state index contributed by atoms with van der Waals surface area (Å²) in [6.07, 6.45) is 0. The number of esters is 2. The van der Waals surface area contributed by atoms with E-state index in [0.29, 0.717) is 34.1 Å². The van der Waals surface area contributed by atoms with Crippen molar-refractivity contribution in [1.82, 2.24) is 0 Å². The van der Waals surface area contributed by atoms with E-state index in [1.165, 1.54) is 0 Å². The van der Waals surface area contributed by atoms with Gasteiger partial charge in [-0.15, -0.1) is 0 Å². The summed E-state index contributed by atoms with van der Waals surface area (Å²) in [6.45, 7) is 3.79. The number of hydrogen-bond acceptors (Lipinski definition) is 9. The molecule has 0 saturated carbocycles. The summed E-state index contributed by atoms with van der Waals surface area (Å²) < 4.78 is 38.4. The molecule has 0 aliphatic carbocycles. The second-order valence-corrected chi connectivity index (χ2v) is 7.09. The monoisotopic (exact) mass is 452 g/mol. The van der Waals surface area contributed by atoms with E-state index in [0.717, 1.165) is 0 Å². The lowest BCUT2D eigenvalue weighted by atomic mass is 10.0. The molecule has 0 fully saturated rings. The van der Waals surface area contributed by atoms with E-state index < -0.39 is 11.9 Å². The molecular weight excluding hydrogens is 432 g/mol. The predicted molar refractivity (Wildman–Crippen MR) is 114 cm³/mol. The third-order valence-corrected chi connectivity index (χ3v) is 5.14. The lowest BCUT2D eigenvalue weighted by Crippen LogP contribution is -2.13. The zero-order valence-electron chi connectivity index (χ0n) is 18.0. The van der Waals surface area contributed by atoms with E-state index in [1.54, 1.807) is 50.2 Å². The quantitative estimate of drug-likeness (QED) is 0.503. The summed E-state index contributed by atoms with van der Waals surface area (Å²) in [7, 11) is 0. The Morgan fingerprint density at radius 3 is 1.55 bits per heavy atom. The lowest BCUT2D eigenvalue weighted by Gasteiger charge is -2.07. The molecule has 9 nitrogen and oxygen atoms in total. The van der Waals surface area contributed by atoms with Crippen LogP contribution >= 0.6 is 0 Å². The first-order valence-electron chi connectivity index (χ1n) is 10.4. The number of rotatable bonds is 6. The van der Waals surface area contributed by atoms with Gasteiger partial charge in [-0.05, 0) is 50.2 Å². The van der Waals surface area contributed by atoms with Crippen LogP contribution < -0.4 is 18.9 Å². The van der Waals surface area contributed by atoms with Crippen molar-refractivity contribution < 1.29 is 42.4 Å². The number of fused-ring (bicyclic) bond motifs is 2. The van der Waals surface area contributed by atoms with Crippen molar-refractivity contribution in [3.05, 3.63) is 47.5 Å². The molecule has 0 saturated heterocycles. The van der Waals surface area contributed by atoms with Gasteiger partial charge in [-0.1, -0.05) is 0 Å². The fraction of sp³-hybridized carbons (Fsp3) is 0.250. The largest absolute Gasteiger partial charge is 0.462 e. The van der Waals surface area contributed by atoms with Crippen LogP contribution in [0.25, 0.3) is 22.6 Å². The van der Waals surface area contributed by atoms with Gasteiger partial charge in [0.15, 0.2) is 23.0 Å². The lowest BCUT2D eigenvalue weighted by molar-refractivity contribution is 0.0481. The third-order valence-electron chi connectivity index (χ3n) is 5.14. The van der Waals surface area contributed by atoms with Gasteiger partial charge in [0, 0.05) is 11.1 Å². The molecule has 0 unspecified atom stereocenters. The maximum atomic E-state index is 13.0. The average molecular weight is 452 g/mol. The van der Waals surface area contributed by atoms with Crippen LogP contribution in [0.4, 0.5) is 0 Å². The normalized spacial score (nSPS) is 13.2. The van der Waals surface area contributed by atoms with Crippen LogP contribution in [-0.2, 0) is 9.47 Å². The summed E-state index contributed by atoms with van der Waals surface area (Å²) in [6, 6.07) is 10.2. The van der Waals surface area contributed by atoms with Gasteiger partial charge in [-0.25, -0.2) is 9.59 Å². The third kappa shape index (κ3) is 3.61. The second kappa shape index (κ2) is 8.42. The minimum atomic E-state index is -0.705. The Morgan fingerprint density at radius 1 is 0.697 bits per heavy atom. The molecular formula is C24H20O9. The topological polar surface area (TPSA) is 103 Å². The van der Waals surface area contributed by atoms with Crippen molar-refractivity contribution in [1.29, 1.82) is 0 Å². The van der Waals surface area contributed by atoms with Crippen LogP contribution in [0.1, 0.15) is 34.6 Å². The predicted octanol–water partition coefficient (Wildman–Crippen LogP) is 4.42. The first-order chi connectivity index (χ1) is 16.1. The number of benzene rings is 2. The van der Waals surface area contributed by atoms with Crippen LogP contribution in [-0.4, -0.2) is 38.7 Å². The maximum Gasteiger partial charge on any atom is 0.342 e. The number of hydrogen-bond donors (Lipinski definition) is 0. The summed E-state index contributed by atoms with van der Waals surface area (Å²) in [5, 5.41) is 0. The highest BCUT2D eigenvalue weighted by Gasteiger charge is 2.34. The van der Waals surface area contributed by atoms with Gasteiger partial charge in [0.05, 0.1) is 13.2 Å². The molecule has 2 aromatic carbocycles.